The number of carboxylic acid groups (broad SMARTS) is 1. The van der Waals surface area contributed by atoms with Gasteiger partial charge in [-0.25, -0.2) is 0 Å². The molecular formula is C17H23NO6. The summed E-state index contributed by atoms with van der Waals surface area (Å²) in [6.45, 7) is 1.67. The lowest BCUT2D eigenvalue weighted by Gasteiger charge is -2.24. The van der Waals surface area contributed by atoms with Crippen LogP contribution in [-0.4, -0.2) is 54.9 Å². The molecule has 24 heavy (non-hydrogen) atoms. The van der Waals surface area contributed by atoms with Crippen molar-refractivity contribution in [2.24, 2.45) is 0 Å². The molecule has 0 bridgehead atoms. The first-order valence-electron chi connectivity index (χ1n) is 7.81. The molecule has 0 spiro atoms. The second kappa shape index (κ2) is 8.01. The minimum absolute atomic E-state index is 0.0162. The van der Waals surface area contributed by atoms with Gasteiger partial charge in [0.05, 0.1) is 20.3 Å². The van der Waals surface area contributed by atoms with E-state index in [1.54, 1.807) is 18.2 Å². The van der Waals surface area contributed by atoms with Gasteiger partial charge in [-0.15, -0.1) is 0 Å². The van der Waals surface area contributed by atoms with Gasteiger partial charge in [-0.2, -0.15) is 0 Å². The van der Waals surface area contributed by atoms with Crippen molar-refractivity contribution in [2.45, 2.75) is 38.5 Å². The third kappa shape index (κ3) is 4.61. The Morgan fingerprint density at radius 1 is 1.21 bits per heavy atom. The molecule has 2 atom stereocenters. The number of ether oxygens (including phenoxy) is 3. The maximum absolute atomic E-state index is 12.6. The molecule has 1 N–H and O–H groups in total. The molecule has 2 unspecified atom stereocenters. The molecule has 1 aromatic rings. The zero-order valence-corrected chi connectivity index (χ0v) is 14.2. The van der Waals surface area contributed by atoms with Crippen LogP contribution in [0.1, 0.15) is 25.3 Å². The lowest BCUT2D eigenvalue weighted by molar-refractivity contribution is -0.150. The van der Waals surface area contributed by atoms with Crippen molar-refractivity contribution in [3.05, 3.63) is 23.8 Å². The topological polar surface area (TPSA) is 85.3 Å². The largest absolute Gasteiger partial charge is 0.497 e. The van der Waals surface area contributed by atoms with E-state index in [-0.39, 0.29) is 25.1 Å². The van der Waals surface area contributed by atoms with Gasteiger partial charge in [-0.1, -0.05) is 0 Å². The predicted molar refractivity (Wildman–Crippen MR) is 86.2 cm³/mol. The van der Waals surface area contributed by atoms with Crippen LogP contribution in [0.15, 0.2) is 18.2 Å². The summed E-state index contributed by atoms with van der Waals surface area (Å²) in [5.41, 5.74) is 0.729. The van der Waals surface area contributed by atoms with Crippen molar-refractivity contribution >= 4 is 11.9 Å². The van der Waals surface area contributed by atoms with Crippen molar-refractivity contribution < 1.29 is 28.9 Å². The molecular weight excluding hydrogens is 314 g/mol. The first kappa shape index (κ1) is 18.1. The zero-order chi connectivity index (χ0) is 17.7. The summed E-state index contributed by atoms with van der Waals surface area (Å²) in [4.78, 5) is 25.1. The van der Waals surface area contributed by atoms with Crippen LogP contribution in [0.2, 0.25) is 0 Å². The lowest BCUT2D eigenvalue weighted by atomic mass is 10.1. The summed E-state index contributed by atoms with van der Waals surface area (Å²) in [6, 6.07) is 5.22. The quantitative estimate of drug-likeness (QED) is 0.815. The number of rotatable bonds is 7. The van der Waals surface area contributed by atoms with Crippen LogP contribution in [0, 0.1) is 0 Å². The highest BCUT2D eigenvalue weighted by Crippen LogP contribution is 2.25. The van der Waals surface area contributed by atoms with E-state index in [0.717, 1.165) is 12.0 Å². The Hall–Kier alpha value is -2.28. The minimum Gasteiger partial charge on any atom is -0.497 e. The van der Waals surface area contributed by atoms with Gasteiger partial charge >= 0.3 is 5.97 Å². The van der Waals surface area contributed by atoms with Gasteiger partial charge in [-0.3, -0.25) is 9.59 Å². The Kier molecular flexibility index (Phi) is 6.03. The van der Waals surface area contributed by atoms with E-state index < -0.39 is 12.1 Å². The number of nitrogens with zero attached hydrogens (tertiary/aromatic N) is 1. The van der Waals surface area contributed by atoms with E-state index in [2.05, 4.69) is 0 Å². The number of carbonyl (C=O) groups is 2. The molecule has 1 amide bonds. The second-order valence-corrected chi connectivity index (χ2v) is 5.82. The first-order valence-corrected chi connectivity index (χ1v) is 7.81. The van der Waals surface area contributed by atoms with E-state index in [1.807, 2.05) is 6.92 Å². The summed E-state index contributed by atoms with van der Waals surface area (Å²) in [6.07, 6.45) is 0.844. The Morgan fingerprint density at radius 2 is 1.83 bits per heavy atom. The molecule has 7 heteroatoms. The fraction of sp³-hybridized carbons (Fsp3) is 0.529. The van der Waals surface area contributed by atoms with Crippen LogP contribution in [0.5, 0.6) is 11.5 Å². The van der Waals surface area contributed by atoms with Gasteiger partial charge in [-0.05, 0) is 37.5 Å². The molecule has 132 valence electrons. The number of aliphatic carboxylic acids is 1. The number of benzene rings is 1. The summed E-state index contributed by atoms with van der Waals surface area (Å²) in [7, 11) is 3.07. The van der Waals surface area contributed by atoms with Crippen LogP contribution >= 0.6 is 0 Å². The molecule has 0 radical (unpaired) electrons. The highest BCUT2D eigenvalue weighted by atomic mass is 16.5. The lowest BCUT2D eigenvalue weighted by Crippen LogP contribution is -2.41. The van der Waals surface area contributed by atoms with Gasteiger partial charge in [0.25, 0.3) is 5.91 Å². The van der Waals surface area contributed by atoms with E-state index >= 15 is 0 Å². The number of carboxylic acids is 1. The van der Waals surface area contributed by atoms with E-state index in [9.17, 15) is 9.59 Å². The zero-order valence-electron chi connectivity index (χ0n) is 14.2. The summed E-state index contributed by atoms with van der Waals surface area (Å²) in [5, 5.41) is 9.12. The SMILES string of the molecule is COc1cc(CN(CC(=O)O)C(=O)C2CCC(C)O2)cc(OC)c1. The molecule has 0 aromatic heterocycles. The molecule has 7 nitrogen and oxygen atoms in total. The number of hydrogen-bond donors (Lipinski definition) is 1. The highest BCUT2D eigenvalue weighted by molar-refractivity contribution is 5.84. The van der Waals surface area contributed by atoms with Crippen LogP contribution in [0.3, 0.4) is 0 Å². The molecule has 1 aromatic carbocycles. The predicted octanol–water partition coefficient (Wildman–Crippen LogP) is 1.68. The summed E-state index contributed by atoms with van der Waals surface area (Å²) < 4.78 is 16.0. The van der Waals surface area contributed by atoms with Crippen LogP contribution < -0.4 is 9.47 Å². The van der Waals surface area contributed by atoms with E-state index in [1.165, 1.54) is 19.1 Å². The number of hydrogen-bond acceptors (Lipinski definition) is 5. The highest BCUT2D eigenvalue weighted by Gasteiger charge is 2.32. The van der Waals surface area contributed by atoms with Crippen LogP contribution in [0.25, 0.3) is 0 Å². The van der Waals surface area contributed by atoms with Gasteiger partial charge in [0.1, 0.15) is 24.1 Å². The number of amides is 1. The number of methoxy groups -OCH3 is 2. The Labute approximate surface area is 141 Å². The molecule has 1 heterocycles. The van der Waals surface area contributed by atoms with Crippen molar-refractivity contribution in [1.82, 2.24) is 4.90 Å². The third-order valence-electron chi connectivity index (χ3n) is 3.93. The van der Waals surface area contributed by atoms with Crippen molar-refractivity contribution in [3.8, 4) is 11.5 Å². The Bertz CT molecular complexity index is 580. The van der Waals surface area contributed by atoms with Crippen molar-refractivity contribution in [3.63, 3.8) is 0 Å². The van der Waals surface area contributed by atoms with Gasteiger partial charge < -0.3 is 24.2 Å². The van der Waals surface area contributed by atoms with Crippen molar-refractivity contribution in [1.29, 1.82) is 0 Å². The molecule has 1 saturated heterocycles. The smallest absolute Gasteiger partial charge is 0.323 e. The average molecular weight is 337 g/mol. The Balaban J connectivity index is 2.19. The van der Waals surface area contributed by atoms with Gasteiger partial charge in [0, 0.05) is 12.6 Å². The monoisotopic (exact) mass is 337 g/mol. The fourth-order valence-corrected chi connectivity index (χ4v) is 2.74. The fourth-order valence-electron chi connectivity index (χ4n) is 2.74. The van der Waals surface area contributed by atoms with Crippen LogP contribution in [-0.2, 0) is 20.9 Å². The van der Waals surface area contributed by atoms with Crippen LogP contribution in [0.4, 0.5) is 0 Å². The first-order chi connectivity index (χ1) is 11.4. The second-order valence-electron chi connectivity index (χ2n) is 5.82. The molecule has 0 saturated carbocycles. The Morgan fingerprint density at radius 3 is 2.29 bits per heavy atom. The molecule has 1 aliphatic heterocycles. The molecule has 0 aliphatic carbocycles. The molecule has 1 fully saturated rings. The van der Waals surface area contributed by atoms with Gasteiger partial charge in [0.2, 0.25) is 0 Å². The molecule has 1 aliphatic rings. The third-order valence-corrected chi connectivity index (χ3v) is 3.93. The van der Waals surface area contributed by atoms with E-state index in [0.29, 0.717) is 17.9 Å². The summed E-state index contributed by atoms with van der Waals surface area (Å²) >= 11 is 0. The normalized spacial score (nSPS) is 19.8. The number of carbonyl (C=O) groups excluding carboxylic acids is 1. The standard InChI is InChI=1S/C17H23NO6/c1-11-4-5-15(24-11)17(21)18(10-16(19)20)9-12-6-13(22-2)8-14(7-12)23-3/h6-8,11,15H,4-5,9-10H2,1-3H3,(H,19,20). The van der Waals surface area contributed by atoms with Gasteiger partial charge in [0.15, 0.2) is 0 Å². The van der Waals surface area contributed by atoms with E-state index in [4.69, 9.17) is 19.3 Å². The maximum atomic E-state index is 12.6. The average Bonchev–Trinajstić information content (AvgIpc) is 2.99. The summed E-state index contributed by atoms with van der Waals surface area (Å²) in [5.74, 6) is -0.205. The van der Waals surface area contributed by atoms with Crippen molar-refractivity contribution in [2.75, 3.05) is 20.8 Å². The minimum atomic E-state index is -1.07. The molecule has 2 rings (SSSR count). The maximum Gasteiger partial charge on any atom is 0.323 e.